The topological polar surface area (TPSA) is 66.7 Å². The quantitative estimate of drug-likeness (QED) is 0.767. The number of hydrogen-bond acceptors (Lipinski definition) is 3. The molecule has 1 aromatic carbocycles. The lowest BCUT2D eigenvalue weighted by Crippen LogP contribution is -2.01. The molecule has 0 aliphatic carbocycles. The van der Waals surface area contributed by atoms with E-state index in [-0.39, 0.29) is 0 Å². The SMILES string of the molecule is Cc1nc(NCc2ccc(Cl)cc2)c(N)[nH]1. The van der Waals surface area contributed by atoms with Gasteiger partial charge in [-0.2, -0.15) is 0 Å². The van der Waals surface area contributed by atoms with Gasteiger partial charge in [-0.15, -0.1) is 0 Å². The largest absolute Gasteiger partial charge is 0.382 e. The van der Waals surface area contributed by atoms with Crippen LogP contribution >= 0.6 is 11.6 Å². The second-order valence-corrected chi connectivity index (χ2v) is 4.00. The van der Waals surface area contributed by atoms with Crippen molar-refractivity contribution in [3.05, 3.63) is 40.7 Å². The molecule has 16 heavy (non-hydrogen) atoms. The highest BCUT2D eigenvalue weighted by Crippen LogP contribution is 2.16. The number of rotatable bonds is 3. The van der Waals surface area contributed by atoms with Gasteiger partial charge >= 0.3 is 0 Å². The summed E-state index contributed by atoms with van der Waals surface area (Å²) in [6.07, 6.45) is 0. The molecule has 5 heteroatoms. The van der Waals surface area contributed by atoms with Crippen molar-refractivity contribution in [3.63, 3.8) is 0 Å². The summed E-state index contributed by atoms with van der Waals surface area (Å²) in [5, 5.41) is 3.89. The fourth-order valence-corrected chi connectivity index (χ4v) is 1.56. The Bertz CT molecular complexity index is 475. The van der Waals surface area contributed by atoms with Gasteiger partial charge in [0.1, 0.15) is 11.6 Å². The molecule has 2 aromatic rings. The molecule has 0 radical (unpaired) electrons. The molecule has 0 aliphatic heterocycles. The van der Waals surface area contributed by atoms with Crippen LogP contribution in [0.5, 0.6) is 0 Å². The van der Waals surface area contributed by atoms with Gasteiger partial charge in [0.15, 0.2) is 5.82 Å². The van der Waals surface area contributed by atoms with Gasteiger partial charge in [-0.1, -0.05) is 23.7 Å². The van der Waals surface area contributed by atoms with Gasteiger partial charge in [-0.05, 0) is 24.6 Å². The van der Waals surface area contributed by atoms with Gasteiger partial charge in [0.2, 0.25) is 0 Å². The highest BCUT2D eigenvalue weighted by Gasteiger charge is 2.03. The second-order valence-electron chi connectivity index (χ2n) is 3.56. The van der Waals surface area contributed by atoms with Crippen molar-refractivity contribution in [1.82, 2.24) is 9.97 Å². The third kappa shape index (κ3) is 2.46. The minimum Gasteiger partial charge on any atom is -0.382 e. The first-order valence-electron chi connectivity index (χ1n) is 4.95. The third-order valence-electron chi connectivity index (χ3n) is 2.22. The van der Waals surface area contributed by atoms with Gasteiger partial charge in [-0.25, -0.2) is 4.98 Å². The Morgan fingerprint density at radius 3 is 2.62 bits per heavy atom. The molecule has 0 amide bonds. The molecule has 4 N–H and O–H groups in total. The third-order valence-corrected chi connectivity index (χ3v) is 2.48. The van der Waals surface area contributed by atoms with E-state index in [4.69, 9.17) is 17.3 Å². The van der Waals surface area contributed by atoms with Crippen molar-refractivity contribution in [3.8, 4) is 0 Å². The molecule has 1 aromatic heterocycles. The van der Waals surface area contributed by atoms with Crippen LogP contribution in [-0.4, -0.2) is 9.97 Å². The molecule has 84 valence electrons. The van der Waals surface area contributed by atoms with Crippen LogP contribution in [0.15, 0.2) is 24.3 Å². The van der Waals surface area contributed by atoms with Gasteiger partial charge in [-0.3, -0.25) is 0 Å². The van der Waals surface area contributed by atoms with Crippen LogP contribution in [0.4, 0.5) is 11.6 Å². The molecular weight excluding hydrogens is 224 g/mol. The van der Waals surface area contributed by atoms with E-state index in [2.05, 4.69) is 15.3 Å². The van der Waals surface area contributed by atoms with Crippen LogP contribution in [0.1, 0.15) is 11.4 Å². The fraction of sp³-hybridized carbons (Fsp3) is 0.182. The molecule has 0 fully saturated rings. The number of nitrogens with one attached hydrogen (secondary N) is 2. The lowest BCUT2D eigenvalue weighted by Gasteiger charge is -2.04. The van der Waals surface area contributed by atoms with Crippen LogP contribution in [0.2, 0.25) is 5.02 Å². The Morgan fingerprint density at radius 1 is 1.38 bits per heavy atom. The summed E-state index contributed by atoms with van der Waals surface area (Å²) < 4.78 is 0. The Labute approximate surface area is 98.8 Å². The van der Waals surface area contributed by atoms with E-state index in [9.17, 15) is 0 Å². The highest BCUT2D eigenvalue weighted by molar-refractivity contribution is 6.30. The Balaban J connectivity index is 2.02. The number of nitrogen functional groups attached to an aromatic ring is 1. The number of halogens is 1. The van der Waals surface area contributed by atoms with Gasteiger partial charge in [0.25, 0.3) is 0 Å². The summed E-state index contributed by atoms with van der Waals surface area (Å²) >= 11 is 5.80. The van der Waals surface area contributed by atoms with Crippen molar-refractivity contribution in [1.29, 1.82) is 0 Å². The monoisotopic (exact) mass is 236 g/mol. The number of nitrogens with zero attached hydrogens (tertiary/aromatic N) is 1. The number of anilines is 2. The van der Waals surface area contributed by atoms with Crippen LogP contribution < -0.4 is 11.1 Å². The molecule has 2 rings (SSSR count). The molecule has 4 nitrogen and oxygen atoms in total. The zero-order valence-corrected chi connectivity index (χ0v) is 9.67. The number of H-pyrrole nitrogens is 1. The van der Waals surface area contributed by atoms with Crippen molar-refractivity contribution in [2.75, 3.05) is 11.1 Å². The number of aromatic amines is 1. The van der Waals surface area contributed by atoms with Gasteiger partial charge in [0, 0.05) is 11.6 Å². The standard InChI is InChI=1S/C11H13ClN4/c1-7-15-10(13)11(16-7)14-6-8-2-4-9(12)5-3-8/h2-5,14H,6,13H2,1H3,(H,15,16). The van der Waals surface area contributed by atoms with Crippen molar-refractivity contribution in [2.45, 2.75) is 13.5 Å². The second kappa shape index (κ2) is 4.45. The van der Waals surface area contributed by atoms with Gasteiger partial charge in [0.05, 0.1) is 0 Å². The first kappa shape index (κ1) is 10.8. The maximum absolute atomic E-state index is 5.80. The van der Waals surface area contributed by atoms with E-state index in [1.54, 1.807) is 0 Å². The summed E-state index contributed by atoms with van der Waals surface area (Å²) in [7, 11) is 0. The minimum absolute atomic E-state index is 0.562. The van der Waals surface area contributed by atoms with E-state index < -0.39 is 0 Å². The fourth-order valence-electron chi connectivity index (χ4n) is 1.43. The lowest BCUT2D eigenvalue weighted by atomic mass is 10.2. The number of hydrogen-bond donors (Lipinski definition) is 3. The highest BCUT2D eigenvalue weighted by atomic mass is 35.5. The smallest absolute Gasteiger partial charge is 0.169 e. The normalized spacial score (nSPS) is 10.4. The Morgan fingerprint density at radius 2 is 2.06 bits per heavy atom. The van der Waals surface area contributed by atoms with Crippen LogP contribution in [-0.2, 0) is 6.54 Å². The first-order chi connectivity index (χ1) is 7.65. The molecule has 0 atom stereocenters. The van der Waals surface area contributed by atoms with E-state index in [1.807, 2.05) is 31.2 Å². The predicted molar refractivity (Wildman–Crippen MR) is 66.5 cm³/mol. The lowest BCUT2D eigenvalue weighted by molar-refractivity contribution is 1.10. The molecule has 0 spiro atoms. The first-order valence-corrected chi connectivity index (χ1v) is 5.33. The van der Waals surface area contributed by atoms with Crippen LogP contribution in [0.25, 0.3) is 0 Å². The molecular formula is C11H13ClN4. The summed E-state index contributed by atoms with van der Waals surface area (Å²) in [5.74, 6) is 2.05. The average molecular weight is 237 g/mol. The summed E-state index contributed by atoms with van der Waals surface area (Å²) in [4.78, 5) is 7.16. The Hall–Kier alpha value is -1.68. The number of aryl methyl sites for hydroxylation is 1. The predicted octanol–water partition coefficient (Wildman–Crippen LogP) is 2.57. The number of imidazole rings is 1. The average Bonchev–Trinajstić information content (AvgIpc) is 2.57. The van der Waals surface area contributed by atoms with Crippen molar-refractivity contribution >= 4 is 23.2 Å². The molecule has 0 saturated carbocycles. The molecule has 0 bridgehead atoms. The Kier molecular flexibility index (Phi) is 3.01. The number of benzene rings is 1. The molecule has 0 unspecified atom stereocenters. The summed E-state index contributed by atoms with van der Waals surface area (Å²) in [5.41, 5.74) is 6.86. The van der Waals surface area contributed by atoms with E-state index in [0.717, 1.165) is 16.4 Å². The van der Waals surface area contributed by atoms with Gasteiger partial charge < -0.3 is 16.0 Å². The van der Waals surface area contributed by atoms with E-state index in [0.29, 0.717) is 18.2 Å². The zero-order valence-electron chi connectivity index (χ0n) is 8.92. The number of aromatic nitrogens is 2. The van der Waals surface area contributed by atoms with Crippen molar-refractivity contribution in [2.24, 2.45) is 0 Å². The number of nitrogens with two attached hydrogens (primary N) is 1. The summed E-state index contributed by atoms with van der Waals surface area (Å²) in [6, 6.07) is 7.64. The van der Waals surface area contributed by atoms with E-state index >= 15 is 0 Å². The molecule has 0 saturated heterocycles. The zero-order chi connectivity index (χ0) is 11.5. The maximum Gasteiger partial charge on any atom is 0.169 e. The maximum atomic E-state index is 5.80. The van der Waals surface area contributed by atoms with E-state index in [1.165, 1.54) is 0 Å². The minimum atomic E-state index is 0.562. The van der Waals surface area contributed by atoms with Crippen LogP contribution in [0.3, 0.4) is 0 Å². The molecule has 0 aliphatic rings. The molecule has 1 heterocycles. The summed E-state index contributed by atoms with van der Waals surface area (Å²) in [6.45, 7) is 2.54. The van der Waals surface area contributed by atoms with Crippen LogP contribution in [0, 0.1) is 6.92 Å². The van der Waals surface area contributed by atoms with Crippen molar-refractivity contribution < 1.29 is 0 Å².